The molecule has 1 fully saturated rings. The Bertz CT molecular complexity index is 884. The Balaban J connectivity index is 1.65. The molecule has 0 radical (unpaired) electrons. The summed E-state index contributed by atoms with van der Waals surface area (Å²) in [5, 5.41) is 3.02. The van der Waals surface area contributed by atoms with Gasteiger partial charge in [0, 0.05) is 18.7 Å². The molecule has 0 aromatic heterocycles. The fourth-order valence-corrected chi connectivity index (χ4v) is 2.98. The van der Waals surface area contributed by atoms with Gasteiger partial charge in [-0.2, -0.15) is 0 Å². The van der Waals surface area contributed by atoms with Crippen molar-refractivity contribution in [3.8, 4) is 0 Å². The second kappa shape index (κ2) is 8.22. The van der Waals surface area contributed by atoms with E-state index in [2.05, 4.69) is 5.32 Å². The van der Waals surface area contributed by atoms with Crippen LogP contribution >= 0.6 is 11.6 Å². The minimum atomic E-state index is -1.01. The van der Waals surface area contributed by atoms with Crippen LogP contribution in [0.1, 0.15) is 30.1 Å². The van der Waals surface area contributed by atoms with Crippen LogP contribution in [0.5, 0.6) is 0 Å². The lowest BCUT2D eigenvalue weighted by Crippen LogP contribution is -2.30. The summed E-state index contributed by atoms with van der Waals surface area (Å²) in [6.45, 7) is 2.12. The molecule has 2 amide bonds. The molecule has 0 saturated carbocycles. The third-order valence-corrected chi connectivity index (χ3v) is 4.58. The largest absolute Gasteiger partial charge is 0.449 e. The Labute approximate surface area is 162 Å². The van der Waals surface area contributed by atoms with E-state index in [9.17, 15) is 14.4 Å². The molecular formula is C20H19ClN2O4. The molecule has 1 heterocycles. The van der Waals surface area contributed by atoms with E-state index in [0.717, 1.165) is 6.42 Å². The number of hydrogen-bond donors (Lipinski definition) is 1. The number of nitrogens with zero attached hydrogens (tertiary/aromatic N) is 1. The fraction of sp³-hybridized carbons (Fsp3) is 0.250. The molecule has 2 aromatic carbocycles. The molecule has 1 aliphatic heterocycles. The predicted molar refractivity (Wildman–Crippen MR) is 103 cm³/mol. The van der Waals surface area contributed by atoms with Crippen LogP contribution in [0.15, 0.2) is 48.5 Å². The first-order valence-corrected chi connectivity index (χ1v) is 9.00. The zero-order chi connectivity index (χ0) is 19.4. The molecule has 1 aliphatic rings. The second-order valence-electron chi connectivity index (χ2n) is 6.22. The highest BCUT2D eigenvalue weighted by molar-refractivity contribution is 6.33. The maximum atomic E-state index is 12.4. The van der Waals surface area contributed by atoms with Gasteiger partial charge < -0.3 is 15.0 Å². The van der Waals surface area contributed by atoms with Gasteiger partial charge >= 0.3 is 5.97 Å². The van der Waals surface area contributed by atoms with Crippen LogP contribution in [0.25, 0.3) is 0 Å². The highest BCUT2D eigenvalue weighted by Gasteiger charge is 2.24. The molecule has 2 aromatic rings. The molecular weight excluding hydrogens is 368 g/mol. The van der Waals surface area contributed by atoms with E-state index >= 15 is 0 Å². The number of ether oxygens (including phenoxy) is 1. The average Bonchev–Trinajstić information content (AvgIpc) is 3.09. The zero-order valence-corrected chi connectivity index (χ0v) is 15.5. The van der Waals surface area contributed by atoms with Gasteiger partial charge in [-0.3, -0.25) is 9.59 Å². The highest BCUT2D eigenvalue weighted by Crippen LogP contribution is 2.23. The van der Waals surface area contributed by atoms with Gasteiger partial charge in [0.25, 0.3) is 5.91 Å². The van der Waals surface area contributed by atoms with Crippen molar-refractivity contribution in [2.24, 2.45) is 0 Å². The van der Waals surface area contributed by atoms with Crippen molar-refractivity contribution in [1.82, 2.24) is 0 Å². The highest BCUT2D eigenvalue weighted by atomic mass is 35.5. The summed E-state index contributed by atoms with van der Waals surface area (Å²) < 4.78 is 5.26. The number of anilines is 2. The molecule has 0 unspecified atom stereocenters. The molecule has 7 heteroatoms. The number of amides is 2. The maximum Gasteiger partial charge on any atom is 0.338 e. The van der Waals surface area contributed by atoms with Crippen LogP contribution in [0.4, 0.5) is 11.4 Å². The van der Waals surface area contributed by atoms with E-state index in [1.54, 1.807) is 53.4 Å². The summed E-state index contributed by atoms with van der Waals surface area (Å²) in [5.74, 6) is -1.08. The number of esters is 1. The minimum Gasteiger partial charge on any atom is -0.449 e. The van der Waals surface area contributed by atoms with Crippen molar-refractivity contribution in [3.05, 3.63) is 59.1 Å². The summed E-state index contributed by atoms with van der Waals surface area (Å²) in [6, 6.07) is 13.4. The van der Waals surface area contributed by atoms with Gasteiger partial charge in [0.05, 0.1) is 16.3 Å². The number of halogens is 1. The fourth-order valence-electron chi connectivity index (χ4n) is 2.80. The van der Waals surface area contributed by atoms with Gasteiger partial charge in [-0.05, 0) is 43.7 Å². The molecule has 1 saturated heterocycles. The standard InChI is InChI=1S/C20H19ClN2O4/c1-13(19(25)22-17-9-3-2-8-16(17)21)27-20(26)14-6-4-7-15(12-14)23-11-5-10-18(23)24/h2-4,6-9,12-13H,5,10-11H2,1H3,(H,22,25)/t13-/m0/s1. The zero-order valence-electron chi connectivity index (χ0n) is 14.8. The Morgan fingerprint density at radius 2 is 1.96 bits per heavy atom. The van der Waals surface area contributed by atoms with Crippen molar-refractivity contribution in [2.75, 3.05) is 16.8 Å². The first kappa shape index (κ1) is 18.9. The summed E-state index contributed by atoms with van der Waals surface area (Å²) in [5.41, 5.74) is 1.38. The van der Waals surface area contributed by atoms with Crippen molar-refractivity contribution in [3.63, 3.8) is 0 Å². The summed E-state index contributed by atoms with van der Waals surface area (Å²) in [7, 11) is 0. The van der Waals surface area contributed by atoms with Gasteiger partial charge in [0.1, 0.15) is 0 Å². The molecule has 140 valence electrons. The van der Waals surface area contributed by atoms with E-state index in [-0.39, 0.29) is 11.5 Å². The van der Waals surface area contributed by atoms with Crippen LogP contribution in [-0.2, 0) is 14.3 Å². The number of carbonyl (C=O) groups excluding carboxylic acids is 3. The minimum absolute atomic E-state index is 0.0352. The summed E-state index contributed by atoms with van der Waals surface area (Å²) >= 11 is 6.01. The Morgan fingerprint density at radius 1 is 1.19 bits per heavy atom. The van der Waals surface area contributed by atoms with Crippen molar-refractivity contribution in [2.45, 2.75) is 25.9 Å². The van der Waals surface area contributed by atoms with Crippen LogP contribution < -0.4 is 10.2 Å². The molecule has 3 rings (SSSR count). The average molecular weight is 387 g/mol. The monoisotopic (exact) mass is 386 g/mol. The Hall–Kier alpha value is -2.86. The lowest BCUT2D eigenvalue weighted by molar-refractivity contribution is -0.123. The molecule has 0 spiro atoms. The summed E-state index contributed by atoms with van der Waals surface area (Å²) in [4.78, 5) is 38.2. The molecule has 0 bridgehead atoms. The van der Waals surface area contributed by atoms with Gasteiger partial charge in [-0.1, -0.05) is 29.8 Å². The van der Waals surface area contributed by atoms with E-state index in [4.69, 9.17) is 16.3 Å². The van der Waals surface area contributed by atoms with Crippen LogP contribution in [0.3, 0.4) is 0 Å². The number of nitrogens with one attached hydrogen (secondary N) is 1. The Morgan fingerprint density at radius 3 is 2.67 bits per heavy atom. The topological polar surface area (TPSA) is 75.7 Å². The van der Waals surface area contributed by atoms with Gasteiger partial charge in [0.2, 0.25) is 5.91 Å². The lowest BCUT2D eigenvalue weighted by atomic mass is 10.2. The maximum absolute atomic E-state index is 12.4. The number of rotatable bonds is 5. The number of para-hydroxylation sites is 1. The second-order valence-corrected chi connectivity index (χ2v) is 6.62. The molecule has 1 N–H and O–H groups in total. The van der Waals surface area contributed by atoms with Crippen molar-refractivity contribution < 1.29 is 19.1 Å². The van der Waals surface area contributed by atoms with E-state index in [1.807, 2.05) is 0 Å². The molecule has 27 heavy (non-hydrogen) atoms. The number of carbonyl (C=O) groups is 3. The first-order valence-electron chi connectivity index (χ1n) is 8.62. The molecule has 1 atom stereocenters. The summed E-state index contributed by atoms with van der Waals surface area (Å²) in [6.07, 6.45) is 0.298. The third kappa shape index (κ3) is 4.46. The molecule has 0 aliphatic carbocycles. The van der Waals surface area contributed by atoms with E-state index < -0.39 is 18.0 Å². The quantitative estimate of drug-likeness (QED) is 0.796. The van der Waals surface area contributed by atoms with Crippen LogP contribution in [0, 0.1) is 0 Å². The third-order valence-electron chi connectivity index (χ3n) is 4.25. The predicted octanol–water partition coefficient (Wildman–Crippen LogP) is 3.65. The van der Waals surface area contributed by atoms with Gasteiger partial charge in [0.15, 0.2) is 6.10 Å². The normalized spacial score (nSPS) is 14.7. The number of benzene rings is 2. The van der Waals surface area contributed by atoms with Crippen molar-refractivity contribution in [1.29, 1.82) is 0 Å². The van der Waals surface area contributed by atoms with Crippen molar-refractivity contribution >= 4 is 40.8 Å². The van der Waals surface area contributed by atoms with E-state index in [0.29, 0.717) is 29.4 Å². The lowest BCUT2D eigenvalue weighted by Gasteiger charge is -2.17. The molecule has 6 nitrogen and oxygen atoms in total. The van der Waals surface area contributed by atoms with Crippen LogP contribution in [-0.4, -0.2) is 30.4 Å². The SMILES string of the molecule is C[C@H](OC(=O)c1cccc(N2CCCC2=O)c1)C(=O)Nc1ccccc1Cl. The van der Waals surface area contributed by atoms with E-state index in [1.165, 1.54) is 6.92 Å². The smallest absolute Gasteiger partial charge is 0.338 e. The van der Waals surface area contributed by atoms with Crippen LogP contribution in [0.2, 0.25) is 5.02 Å². The first-order chi connectivity index (χ1) is 13.0. The number of hydrogen-bond acceptors (Lipinski definition) is 4. The van der Waals surface area contributed by atoms with Gasteiger partial charge in [-0.25, -0.2) is 4.79 Å². The Kier molecular flexibility index (Phi) is 5.76. The van der Waals surface area contributed by atoms with Gasteiger partial charge in [-0.15, -0.1) is 0 Å².